The van der Waals surface area contributed by atoms with Crippen LogP contribution in [0, 0.1) is 6.92 Å². The van der Waals surface area contributed by atoms with Crippen molar-refractivity contribution >= 4 is 39.6 Å². The van der Waals surface area contributed by atoms with E-state index in [9.17, 15) is 21.6 Å². The van der Waals surface area contributed by atoms with Gasteiger partial charge in [0, 0.05) is 5.56 Å². The Bertz CT molecular complexity index is 1050. The van der Waals surface area contributed by atoms with Crippen LogP contribution in [0.5, 0.6) is 0 Å². The van der Waals surface area contributed by atoms with Gasteiger partial charge < -0.3 is 16.4 Å². The molecular weight excluding hydrogens is 438 g/mol. The first kappa shape index (κ1) is 30.4. The first-order chi connectivity index (χ1) is 12.1. The number of hydrogen-bond acceptors (Lipinski definition) is 3. The van der Waals surface area contributed by atoms with Crippen molar-refractivity contribution in [3.05, 3.63) is 65.9 Å². The molecule has 8 N–H and O–H groups in total. The number of nitrogens with zero attached hydrogens (tertiary/aromatic N) is 2. The normalized spacial score (nSPS) is 10.7. The van der Waals surface area contributed by atoms with Gasteiger partial charge in [-0.15, -0.1) is 0 Å². The predicted octanol–water partition coefficient (Wildman–Crippen LogP) is 0.391. The second-order valence-electron chi connectivity index (χ2n) is 5.73. The van der Waals surface area contributed by atoms with Crippen molar-refractivity contribution in [3.63, 3.8) is 0 Å². The zero-order valence-corrected chi connectivity index (χ0v) is 15.8. The SMILES string of the molecule is Cc1ccc(-c2cc(C(F)(F)F)nn2-c2ccc(S(N)(=O)=O)cc2)cc1.O.O.O.[NaH]. The van der Waals surface area contributed by atoms with Crippen LogP contribution in [-0.4, -0.2) is 64.2 Å². The molecule has 0 spiro atoms. The molecule has 2 aromatic carbocycles. The van der Waals surface area contributed by atoms with E-state index in [0.29, 0.717) is 5.56 Å². The fraction of sp³-hybridized carbons (Fsp3) is 0.118. The van der Waals surface area contributed by atoms with Crippen LogP contribution < -0.4 is 5.14 Å². The van der Waals surface area contributed by atoms with Crippen molar-refractivity contribution in [2.45, 2.75) is 18.0 Å². The average Bonchev–Trinajstić information content (AvgIpc) is 3.00. The number of benzene rings is 2. The van der Waals surface area contributed by atoms with Crippen molar-refractivity contribution in [1.82, 2.24) is 9.78 Å². The van der Waals surface area contributed by atoms with Crippen LogP contribution in [0.15, 0.2) is 59.5 Å². The number of nitrogens with two attached hydrogens (primary N) is 1. The molecule has 0 radical (unpaired) electrons. The summed E-state index contributed by atoms with van der Waals surface area (Å²) in [5, 5.41) is 8.70. The molecule has 0 saturated carbocycles. The van der Waals surface area contributed by atoms with Gasteiger partial charge in [0.2, 0.25) is 10.0 Å². The Hall–Kier alpha value is -1.77. The predicted molar refractivity (Wildman–Crippen MR) is 108 cm³/mol. The number of hydrogen-bond donors (Lipinski definition) is 1. The van der Waals surface area contributed by atoms with Crippen LogP contribution in [0.2, 0.25) is 0 Å². The number of sulfonamides is 1. The minimum atomic E-state index is -4.61. The van der Waals surface area contributed by atoms with Crippen molar-refractivity contribution < 1.29 is 38.0 Å². The zero-order valence-electron chi connectivity index (χ0n) is 15.0. The number of aryl methyl sites for hydroxylation is 1. The molecule has 30 heavy (non-hydrogen) atoms. The Labute approximate surface area is 192 Å². The molecule has 0 aliphatic carbocycles. The summed E-state index contributed by atoms with van der Waals surface area (Å²) < 4.78 is 63.2. The van der Waals surface area contributed by atoms with Crippen molar-refractivity contribution in [3.8, 4) is 16.9 Å². The second-order valence-corrected chi connectivity index (χ2v) is 7.29. The topological polar surface area (TPSA) is 172 Å². The molecule has 0 unspecified atom stereocenters. The third kappa shape index (κ3) is 6.62. The number of alkyl halides is 3. The van der Waals surface area contributed by atoms with Gasteiger partial charge in [0.25, 0.3) is 0 Å². The summed E-state index contributed by atoms with van der Waals surface area (Å²) in [5.74, 6) is 0. The van der Waals surface area contributed by atoms with Gasteiger partial charge in [0.15, 0.2) is 5.69 Å². The average molecular weight is 459 g/mol. The van der Waals surface area contributed by atoms with E-state index in [1.54, 1.807) is 24.3 Å². The molecule has 3 aromatic rings. The van der Waals surface area contributed by atoms with Crippen LogP contribution in [0.1, 0.15) is 11.3 Å². The van der Waals surface area contributed by atoms with Crippen molar-refractivity contribution in [2.75, 3.05) is 0 Å². The van der Waals surface area contributed by atoms with Crippen molar-refractivity contribution in [1.29, 1.82) is 0 Å². The van der Waals surface area contributed by atoms with Crippen LogP contribution in [0.4, 0.5) is 13.2 Å². The van der Waals surface area contributed by atoms with Crippen LogP contribution in [0.3, 0.4) is 0 Å². The minimum absolute atomic E-state index is 0. The van der Waals surface area contributed by atoms with Gasteiger partial charge in [-0.2, -0.15) is 18.3 Å². The van der Waals surface area contributed by atoms with Crippen molar-refractivity contribution in [2.24, 2.45) is 5.14 Å². The van der Waals surface area contributed by atoms with E-state index in [2.05, 4.69) is 5.10 Å². The van der Waals surface area contributed by atoms with E-state index in [1.165, 1.54) is 24.3 Å². The standard InChI is InChI=1S/C17H14F3N3O2S.Na.3H2O.H/c1-11-2-4-12(5-3-11)15-10-16(17(18,19)20)22-23(15)13-6-8-14(9-7-13)26(21,24)25;;;;;/h2-10H,1H3,(H2,21,24,25);;3*1H2;. The van der Waals surface area contributed by atoms with Gasteiger partial charge in [0.1, 0.15) is 0 Å². The van der Waals surface area contributed by atoms with Gasteiger partial charge >= 0.3 is 35.7 Å². The van der Waals surface area contributed by atoms with Gasteiger partial charge in [0.05, 0.1) is 16.3 Å². The molecule has 0 amide bonds. The summed E-state index contributed by atoms with van der Waals surface area (Å²) in [5.41, 5.74) is 0.996. The van der Waals surface area contributed by atoms with E-state index >= 15 is 0 Å². The first-order valence-corrected chi connectivity index (χ1v) is 8.98. The molecule has 162 valence electrons. The fourth-order valence-electron chi connectivity index (χ4n) is 2.42. The number of halogens is 3. The quantitative estimate of drug-likeness (QED) is 0.559. The maximum atomic E-state index is 13.1. The van der Waals surface area contributed by atoms with E-state index in [1.807, 2.05) is 6.92 Å². The third-order valence-electron chi connectivity index (χ3n) is 3.76. The Balaban J connectivity index is 0. The molecule has 0 aliphatic rings. The molecular formula is C17H21F3N3NaO5S. The number of primary sulfonamides is 1. The van der Waals surface area contributed by atoms with E-state index in [0.717, 1.165) is 16.3 Å². The molecule has 0 atom stereocenters. The molecule has 3 rings (SSSR count). The summed E-state index contributed by atoms with van der Waals surface area (Å²) in [4.78, 5) is -0.138. The van der Waals surface area contributed by atoms with Gasteiger partial charge in [-0.05, 0) is 37.3 Å². The summed E-state index contributed by atoms with van der Waals surface area (Å²) in [6.07, 6.45) is -4.61. The first-order valence-electron chi connectivity index (χ1n) is 7.43. The van der Waals surface area contributed by atoms with Crippen LogP contribution >= 0.6 is 0 Å². The van der Waals surface area contributed by atoms with Crippen LogP contribution in [-0.2, 0) is 16.2 Å². The molecule has 0 aliphatic heterocycles. The van der Waals surface area contributed by atoms with Gasteiger partial charge in [-0.3, -0.25) is 0 Å². The van der Waals surface area contributed by atoms with E-state index in [-0.39, 0.29) is 62.3 Å². The number of rotatable bonds is 3. The molecule has 8 nitrogen and oxygen atoms in total. The zero-order chi connectivity index (χ0) is 19.1. The molecule has 13 heteroatoms. The molecule has 0 saturated heterocycles. The molecule has 0 fully saturated rings. The monoisotopic (exact) mass is 459 g/mol. The van der Waals surface area contributed by atoms with Gasteiger partial charge in [-0.25, -0.2) is 18.2 Å². The summed E-state index contributed by atoms with van der Waals surface area (Å²) in [6.45, 7) is 1.87. The number of aromatic nitrogens is 2. The Morgan fingerprint density at radius 1 is 0.933 bits per heavy atom. The third-order valence-corrected chi connectivity index (χ3v) is 4.69. The molecule has 1 aromatic heterocycles. The van der Waals surface area contributed by atoms with Crippen LogP contribution in [0.25, 0.3) is 16.9 Å². The fourth-order valence-corrected chi connectivity index (χ4v) is 2.94. The Morgan fingerprint density at radius 3 is 1.87 bits per heavy atom. The Morgan fingerprint density at radius 2 is 1.43 bits per heavy atom. The van der Waals surface area contributed by atoms with E-state index in [4.69, 9.17) is 5.14 Å². The Kier molecular flexibility index (Phi) is 11.2. The summed E-state index contributed by atoms with van der Waals surface area (Å²) in [7, 11) is -3.90. The van der Waals surface area contributed by atoms with E-state index < -0.39 is 21.9 Å². The molecule has 0 bridgehead atoms. The van der Waals surface area contributed by atoms with Gasteiger partial charge in [-0.1, -0.05) is 29.8 Å². The maximum absolute atomic E-state index is 13.1. The summed E-state index contributed by atoms with van der Waals surface area (Å²) >= 11 is 0. The molecule has 1 heterocycles. The second kappa shape index (κ2) is 11.0. The summed E-state index contributed by atoms with van der Waals surface area (Å²) in [6, 6.07) is 13.1.